The second-order valence-electron chi connectivity index (χ2n) is 9.06. The third-order valence-corrected chi connectivity index (χ3v) is 5.59. The van der Waals surface area contributed by atoms with Crippen LogP contribution < -0.4 is 15.6 Å². The molecule has 1 amide bonds. The quantitative estimate of drug-likeness (QED) is 0.193. The van der Waals surface area contributed by atoms with Gasteiger partial charge < -0.3 is 10.5 Å². The van der Waals surface area contributed by atoms with Gasteiger partial charge in [-0.1, -0.05) is 23.2 Å². The highest BCUT2D eigenvalue weighted by molar-refractivity contribution is 6.34. The summed E-state index contributed by atoms with van der Waals surface area (Å²) in [5.41, 5.74) is 12.5. The molecule has 0 fully saturated rings. The topological polar surface area (TPSA) is 81.1 Å². The molecule has 0 atom stereocenters. The summed E-state index contributed by atoms with van der Waals surface area (Å²) in [7, 11) is 0. The molecule has 0 unspecified atom stereocenters. The number of benzene rings is 3. The van der Waals surface area contributed by atoms with Gasteiger partial charge in [-0.2, -0.15) is 0 Å². The minimum Gasteiger partial charge on any atom is -0.444 e. The van der Waals surface area contributed by atoms with Crippen LogP contribution in [0.5, 0.6) is 0 Å². The number of carbonyl (C=O) groups excluding carboxylic acids is 1. The second-order valence-corrected chi connectivity index (χ2v) is 9.93. The van der Waals surface area contributed by atoms with Crippen LogP contribution in [0.1, 0.15) is 31.9 Å². The molecule has 3 N–H and O–H groups in total. The van der Waals surface area contributed by atoms with E-state index in [0.29, 0.717) is 21.4 Å². The van der Waals surface area contributed by atoms with E-state index in [2.05, 4.69) is 5.32 Å². The third kappa shape index (κ3) is 4.82. The van der Waals surface area contributed by atoms with Gasteiger partial charge in [-0.3, -0.25) is 5.32 Å². The molecule has 0 spiro atoms. The number of amides is 1. The summed E-state index contributed by atoms with van der Waals surface area (Å²) in [6.45, 7) is 9.31. The number of anilines is 2. The van der Waals surface area contributed by atoms with Crippen molar-refractivity contribution in [1.82, 2.24) is 4.98 Å². The molecule has 1 aromatic heterocycles. The van der Waals surface area contributed by atoms with Gasteiger partial charge in [0.25, 0.3) is 0 Å². The zero-order valence-corrected chi connectivity index (χ0v) is 20.6. The van der Waals surface area contributed by atoms with E-state index in [4.69, 9.17) is 38.7 Å². The predicted molar refractivity (Wildman–Crippen MR) is 135 cm³/mol. The van der Waals surface area contributed by atoms with Crippen molar-refractivity contribution in [3.8, 4) is 5.69 Å². The molecule has 0 aliphatic carbocycles. The maximum absolute atomic E-state index is 12.4. The Hall–Kier alpha value is -3.09. The highest BCUT2D eigenvalue weighted by Crippen LogP contribution is 2.28. The van der Waals surface area contributed by atoms with Crippen LogP contribution in [0.15, 0.2) is 42.5 Å². The first-order valence-corrected chi connectivity index (χ1v) is 11.2. The van der Waals surface area contributed by atoms with Crippen molar-refractivity contribution >= 4 is 62.7 Å². The normalized spacial score (nSPS) is 11.7. The summed E-state index contributed by atoms with van der Waals surface area (Å²) in [4.78, 5) is 17.3. The lowest BCUT2D eigenvalue weighted by Crippen LogP contribution is -2.34. The molecule has 4 rings (SSSR count). The maximum atomic E-state index is 12.4. The summed E-state index contributed by atoms with van der Waals surface area (Å²) >= 11 is 12.7. The first-order chi connectivity index (χ1) is 15.4. The van der Waals surface area contributed by atoms with Gasteiger partial charge in [0.15, 0.2) is 0 Å². The Bertz CT molecular complexity index is 1410. The number of ether oxygens (including phenoxy) is 1. The van der Waals surface area contributed by atoms with Crippen molar-refractivity contribution in [1.29, 1.82) is 0 Å². The number of hydrogen-bond donors (Lipinski definition) is 2. The summed E-state index contributed by atoms with van der Waals surface area (Å²) < 4.78 is 7.42. The lowest BCUT2D eigenvalue weighted by molar-refractivity contribution is -0.538. The molecular formula is C25H25Cl2N4O2+. The number of halogens is 2. The molecular weight excluding hydrogens is 459 g/mol. The van der Waals surface area contributed by atoms with Crippen molar-refractivity contribution < 1.29 is 14.1 Å². The number of nitrogens with two attached hydrogens (primary N) is 1. The van der Waals surface area contributed by atoms with Crippen LogP contribution in [0.25, 0.3) is 27.8 Å². The van der Waals surface area contributed by atoms with Gasteiger partial charge in [0.05, 0.1) is 5.69 Å². The van der Waals surface area contributed by atoms with E-state index in [9.17, 15) is 4.79 Å². The monoisotopic (exact) mass is 483 g/mol. The van der Waals surface area contributed by atoms with Gasteiger partial charge in [-0.05, 0) is 63.9 Å². The fourth-order valence-electron chi connectivity index (χ4n) is 3.67. The second kappa shape index (κ2) is 8.36. The summed E-state index contributed by atoms with van der Waals surface area (Å²) in [5, 5.41) is 3.85. The van der Waals surface area contributed by atoms with Gasteiger partial charge in [0, 0.05) is 40.0 Å². The third-order valence-electron chi connectivity index (χ3n) is 5.15. The van der Waals surface area contributed by atoms with Gasteiger partial charge in [0.2, 0.25) is 16.7 Å². The minimum absolute atomic E-state index is 0.502. The Morgan fingerprint density at radius 2 is 1.52 bits per heavy atom. The van der Waals surface area contributed by atoms with E-state index >= 15 is 0 Å². The Balaban J connectivity index is 2.02. The Labute approximate surface area is 202 Å². The van der Waals surface area contributed by atoms with Crippen LogP contribution in [0.3, 0.4) is 0 Å². The summed E-state index contributed by atoms with van der Waals surface area (Å²) in [6.07, 6.45) is -0.532. The first-order valence-electron chi connectivity index (χ1n) is 10.4. The van der Waals surface area contributed by atoms with Crippen LogP contribution in [0, 0.1) is 13.8 Å². The van der Waals surface area contributed by atoms with Crippen LogP contribution in [0.2, 0.25) is 10.0 Å². The number of aromatic nitrogens is 2. The first kappa shape index (κ1) is 23.1. The number of nitrogens with zero attached hydrogens (tertiary/aromatic N) is 2. The SMILES string of the molecule is Cc1cc2nc3cc(C)c(NC(=O)OC(C)(C)C)cc3[n+](-c3cc(Cl)cc(Cl)c3)c2cc1N. The number of hydrogen-bond acceptors (Lipinski definition) is 4. The number of nitrogen functional groups attached to an aromatic ring is 1. The van der Waals surface area contributed by atoms with E-state index in [1.54, 1.807) is 6.07 Å². The Morgan fingerprint density at radius 3 is 2.12 bits per heavy atom. The molecule has 33 heavy (non-hydrogen) atoms. The number of nitrogens with one attached hydrogen (secondary N) is 1. The smallest absolute Gasteiger partial charge is 0.412 e. The number of fused-ring (bicyclic) bond motifs is 2. The fourth-order valence-corrected chi connectivity index (χ4v) is 4.18. The molecule has 0 bridgehead atoms. The van der Waals surface area contributed by atoms with Gasteiger partial charge in [-0.25, -0.2) is 9.78 Å². The molecule has 4 aromatic rings. The fraction of sp³-hybridized carbons (Fsp3) is 0.240. The Morgan fingerprint density at radius 1 is 0.939 bits per heavy atom. The van der Waals surface area contributed by atoms with Crippen LogP contribution in [-0.2, 0) is 4.74 Å². The van der Waals surface area contributed by atoms with E-state index in [1.807, 2.05) is 75.6 Å². The summed E-state index contributed by atoms with van der Waals surface area (Å²) in [6, 6.07) is 13.0. The average molecular weight is 484 g/mol. The molecule has 1 heterocycles. The van der Waals surface area contributed by atoms with Crippen LogP contribution in [-0.4, -0.2) is 16.7 Å². The highest BCUT2D eigenvalue weighted by atomic mass is 35.5. The number of carbonyl (C=O) groups is 1. The highest BCUT2D eigenvalue weighted by Gasteiger charge is 2.24. The molecule has 0 aliphatic rings. The zero-order chi connectivity index (χ0) is 24.1. The lowest BCUT2D eigenvalue weighted by atomic mass is 10.1. The molecule has 0 radical (unpaired) electrons. The molecule has 170 valence electrons. The Kier molecular flexibility index (Phi) is 5.85. The van der Waals surface area contributed by atoms with Crippen molar-refractivity contribution in [3.05, 3.63) is 63.6 Å². The largest absolute Gasteiger partial charge is 0.444 e. The number of aryl methyl sites for hydroxylation is 2. The van der Waals surface area contributed by atoms with Gasteiger partial charge in [-0.15, -0.1) is 4.57 Å². The van der Waals surface area contributed by atoms with Crippen molar-refractivity contribution in [2.24, 2.45) is 0 Å². The van der Waals surface area contributed by atoms with Crippen molar-refractivity contribution in [2.75, 3.05) is 11.1 Å². The van der Waals surface area contributed by atoms with E-state index in [-0.39, 0.29) is 0 Å². The lowest BCUT2D eigenvalue weighted by Gasteiger charge is -2.20. The van der Waals surface area contributed by atoms with Crippen molar-refractivity contribution in [3.63, 3.8) is 0 Å². The van der Waals surface area contributed by atoms with E-state index in [1.165, 1.54) is 0 Å². The molecule has 6 nitrogen and oxygen atoms in total. The van der Waals surface area contributed by atoms with E-state index < -0.39 is 11.7 Å². The predicted octanol–water partition coefficient (Wildman–Crippen LogP) is 6.52. The molecule has 8 heteroatoms. The maximum Gasteiger partial charge on any atom is 0.412 e. The minimum atomic E-state index is -0.612. The molecule has 0 saturated heterocycles. The van der Waals surface area contributed by atoms with Gasteiger partial charge in [0.1, 0.15) is 16.6 Å². The van der Waals surface area contributed by atoms with Crippen molar-refractivity contribution in [2.45, 2.75) is 40.2 Å². The van der Waals surface area contributed by atoms with Gasteiger partial charge >= 0.3 is 6.09 Å². The zero-order valence-electron chi connectivity index (χ0n) is 19.1. The molecule has 0 saturated carbocycles. The van der Waals surface area contributed by atoms with Crippen LogP contribution in [0.4, 0.5) is 16.2 Å². The van der Waals surface area contributed by atoms with E-state index in [0.717, 1.165) is 38.9 Å². The summed E-state index contributed by atoms with van der Waals surface area (Å²) in [5.74, 6) is 0. The standard InChI is InChI=1S/C25H24Cl2N4O2/c1-13-6-20-22(11-18(13)28)31(17-9-15(26)8-16(27)10-17)23-12-19(14(2)7-21(23)29-20)30-24(32)33-25(3,4)5/h6-12H,1-5H3,(H2,28,30,32)/p+1. The van der Waals surface area contributed by atoms with Crippen LogP contribution >= 0.6 is 23.2 Å². The molecule has 3 aromatic carbocycles. The average Bonchev–Trinajstić information content (AvgIpc) is 2.66. The molecule has 0 aliphatic heterocycles. The number of rotatable bonds is 2.